The minimum atomic E-state index is -0.452. The minimum absolute atomic E-state index is 0.292. The Balaban J connectivity index is 2.40. The fourth-order valence-electron chi connectivity index (χ4n) is 1.54. The smallest absolute Gasteiger partial charge is 0.146 e. The predicted octanol–water partition coefficient (Wildman–Crippen LogP) is 3.60. The zero-order valence-electron chi connectivity index (χ0n) is 9.30. The lowest BCUT2D eigenvalue weighted by Crippen LogP contribution is -2.00. The van der Waals surface area contributed by atoms with Gasteiger partial charge in [-0.25, -0.2) is 8.78 Å². The van der Waals surface area contributed by atoms with Gasteiger partial charge in [0, 0.05) is 11.4 Å². The molecule has 0 aliphatic carbocycles. The summed E-state index contributed by atoms with van der Waals surface area (Å²) >= 11 is 0. The molecule has 0 radical (unpaired) electrons. The Hall–Kier alpha value is -2.10. The van der Waals surface area contributed by atoms with Crippen LogP contribution in [0.5, 0.6) is 0 Å². The maximum Gasteiger partial charge on any atom is 0.146 e. The van der Waals surface area contributed by atoms with Crippen LogP contribution < -0.4 is 11.1 Å². The molecule has 2 aromatic rings. The molecule has 0 spiro atoms. The highest BCUT2D eigenvalue weighted by Crippen LogP contribution is 2.27. The van der Waals surface area contributed by atoms with E-state index < -0.39 is 11.6 Å². The number of nitrogen functional groups attached to an aromatic ring is 1. The molecule has 0 unspecified atom stereocenters. The number of nitrogens with one attached hydrogen (secondary N) is 1. The molecule has 0 amide bonds. The van der Waals surface area contributed by atoms with Crippen molar-refractivity contribution in [3.63, 3.8) is 0 Å². The fourth-order valence-corrected chi connectivity index (χ4v) is 1.54. The van der Waals surface area contributed by atoms with E-state index in [4.69, 9.17) is 5.73 Å². The lowest BCUT2D eigenvalue weighted by atomic mass is 10.1. The van der Waals surface area contributed by atoms with Crippen molar-refractivity contribution in [2.45, 2.75) is 6.92 Å². The molecule has 88 valence electrons. The summed E-state index contributed by atoms with van der Waals surface area (Å²) in [5, 5.41) is 2.83. The highest BCUT2D eigenvalue weighted by atomic mass is 19.1. The summed E-state index contributed by atoms with van der Waals surface area (Å²) in [6.45, 7) is 1.75. The number of rotatable bonds is 2. The first-order valence-electron chi connectivity index (χ1n) is 5.15. The van der Waals surface area contributed by atoms with Gasteiger partial charge in [-0.15, -0.1) is 0 Å². The van der Waals surface area contributed by atoms with Gasteiger partial charge in [-0.1, -0.05) is 12.1 Å². The first-order valence-corrected chi connectivity index (χ1v) is 5.15. The number of anilines is 3. The summed E-state index contributed by atoms with van der Waals surface area (Å²) in [6, 6.07) is 8.73. The average Bonchev–Trinajstić information content (AvgIpc) is 2.28. The monoisotopic (exact) mass is 234 g/mol. The van der Waals surface area contributed by atoms with Gasteiger partial charge in [-0.3, -0.25) is 0 Å². The third kappa shape index (κ3) is 2.36. The number of halogens is 2. The van der Waals surface area contributed by atoms with Crippen LogP contribution in [0.2, 0.25) is 0 Å². The van der Waals surface area contributed by atoms with Crippen LogP contribution in [0, 0.1) is 18.6 Å². The molecule has 2 aromatic carbocycles. The molecule has 2 nitrogen and oxygen atoms in total. The number of benzene rings is 2. The van der Waals surface area contributed by atoms with Crippen LogP contribution in [0.3, 0.4) is 0 Å². The van der Waals surface area contributed by atoms with E-state index in [9.17, 15) is 8.78 Å². The molecule has 0 atom stereocenters. The largest absolute Gasteiger partial charge is 0.398 e. The van der Waals surface area contributed by atoms with Gasteiger partial charge in [0.25, 0.3) is 0 Å². The van der Waals surface area contributed by atoms with Crippen molar-refractivity contribution in [3.8, 4) is 0 Å². The van der Waals surface area contributed by atoms with Crippen LogP contribution in [0.4, 0.5) is 25.8 Å². The molecule has 17 heavy (non-hydrogen) atoms. The van der Waals surface area contributed by atoms with Gasteiger partial charge in [0.2, 0.25) is 0 Å². The molecule has 0 fully saturated rings. The maximum atomic E-state index is 13.4. The van der Waals surface area contributed by atoms with E-state index in [1.165, 1.54) is 18.2 Å². The van der Waals surface area contributed by atoms with Crippen LogP contribution in [0.1, 0.15) is 5.56 Å². The fraction of sp³-hybridized carbons (Fsp3) is 0.0769. The molecule has 2 rings (SSSR count). The Morgan fingerprint density at radius 3 is 2.47 bits per heavy atom. The Morgan fingerprint density at radius 2 is 1.76 bits per heavy atom. The molecule has 0 heterocycles. The molecular weight excluding hydrogens is 222 g/mol. The van der Waals surface area contributed by atoms with Crippen molar-refractivity contribution in [2.24, 2.45) is 0 Å². The molecule has 0 aliphatic rings. The Kier molecular flexibility index (Phi) is 2.95. The minimum Gasteiger partial charge on any atom is -0.398 e. The van der Waals surface area contributed by atoms with Crippen LogP contribution in [0.25, 0.3) is 0 Å². The Labute approximate surface area is 98.1 Å². The SMILES string of the molecule is Cc1c(N)cc(F)cc1Nc1ccccc1F. The maximum absolute atomic E-state index is 13.4. The van der Waals surface area contributed by atoms with E-state index in [0.717, 1.165) is 0 Å². The van der Waals surface area contributed by atoms with Gasteiger partial charge in [-0.05, 0) is 36.8 Å². The van der Waals surface area contributed by atoms with Crippen molar-refractivity contribution in [1.29, 1.82) is 0 Å². The third-order valence-electron chi connectivity index (χ3n) is 2.56. The molecular formula is C13H12F2N2. The van der Waals surface area contributed by atoms with Crippen LogP contribution >= 0.6 is 0 Å². The van der Waals surface area contributed by atoms with Crippen molar-refractivity contribution >= 4 is 17.1 Å². The zero-order valence-corrected chi connectivity index (χ0v) is 9.30. The van der Waals surface area contributed by atoms with E-state index >= 15 is 0 Å². The first-order chi connectivity index (χ1) is 8.08. The predicted molar refractivity (Wildman–Crippen MR) is 65.2 cm³/mol. The summed E-state index contributed by atoms with van der Waals surface area (Å²) in [7, 11) is 0. The normalized spacial score (nSPS) is 10.3. The van der Waals surface area contributed by atoms with Crippen molar-refractivity contribution in [2.75, 3.05) is 11.1 Å². The summed E-state index contributed by atoms with van der Waals surface area (Å²) in [5.41, 5.74) is 7.42. The van der Waals surface area contributed by atoms with Gasteiger partial charge in [-0.2, -0.15) is 0 Å². The summed E-state index contributed by atoms with van der Waals surface area (Å²) in [5.74, 6) is -0.846. The van der Waals surface area contributed by atoms with Gasteiger partial charge in [0.05, 0.1) is 5.69 Å². The molecule has 0 saturated carbocycles. The van der Waals surface area contributed by atoms with E-state index in [-0.39, 0.29) is 0 Å². The quantitative estimate of drug-likeness (QED) is 0.779. The molecule has 3 N–H and O–H groups in total. The van der Waals surface area contributed by atoms with Crippen molar-refractivity contribution in [1.82, 2.24) is 0 Å². The van der Waals surface area contributed by atoms with E-state index in [1.54, 1.807) is 25.1 Å². The molecule has 0 bridgehead atoms. The van der Waals surface area contributed by atoms with Gasteiger partial charge < -0.3 is 11.1 Å². The second-order valence-corrected chi connectivity index (χ2v) is 3.77. The standard InChI is InChI=1S/C13H12F2N2/c1-8-11(16)6-9(14)7-13(8)17-12-5-3-2-4-10(12)15/h2-7,17H,16H2,1H3. The number of nitrogens with two attached hydrogens (primary N) is 1. The highest BCUT2D eigenvalue weighted by Gasteiger charge is 2.07. The Morgan fingerprint density at radius 1 is 1.06 bits per heavy atom. The summed E-state index contributed by atoms with van der Waals surface area (Å²) in [4.78, 5) is 0. The van der Waals surface area contributed by atoms with Gasteiger partial charge in [0.1, 0.15) is 11.6 Å². The van der Waals surface area contributed by atoms with Gasteiger partial charge in [0.15, 0.2) is 0 Å². The van der Waals surface area contributed by atoms with Crippen molar-refractivity contribution < 1.29 is 8.78 Å². The van der Waals surface area contributed by atoms with Crippen molar-refractivity contribution in [3.05, 3.63) is 53.6 Å². The molecule has 0 aliphatic heterocycles. The highest BCUT2D eigenvalue weighted by molar-refractivity contribution is 5.69. The first kappa shape index (κ1) is 11.4. The lowest BCUT2D eigenvalue weighted by Gasteiger charge is -2.12. The van der Waals surface area contributed by atoms with E-state index in [0.29, 0.717) is 22.6 Å². The molecule has 0 aromatic heterocycles. The number of para-hydroxylation sites is 1. The second kappa shape index (κ2) is 4.41. The van der Waals surface area contributed by atoms with Gasteiger partial charge >= 0.3 is 0 Å². The molecule has 4 heteroatoms. The zero-order chi connectivity index (χ0) is 12.4. The number of hydrogen-bond donors (Lipinski definition) is 2. The summed E-state index contributed by atoms with van der Waals surface area (Å²) < 4.78 is 26.6. The van der Waals surface area contributed by atoms with Crippen LogP contribution in [0.15, 0.2) is 36.4 Å². The average molecular weight is 234 g/mol. The van der Waals surface area contributed by atoms with E-state index in [1.807, 2.05) is 0 Å². The van der Waals surface area contributed by atoms with Crippen LogP contribution in [-0.4, -0.2) is 0 Å². The van der Waals surface area contributed by atoms with Crippen LogP contribution in [-0.2, 0) is 0 Å². The lowest BCUT2D eigenvalue weighted by molar-refractivity contribution is 0.627. The number of hydrogen-bond acceptors (Lipinski definition) is 2. The molecule has 0 saturated heterocycles. The summed E-state index contributed by atoms with van der Waals surface area (Å²) in [6.07, 6.45) is 0. The second-order valence-electron chi connectivity index (χ2n) is 3.77. The third-order valence-corrected chi connectivity index (χ3v) is 2.56. The Bertz CT molecular complexity index is 553. The van der Waals surface area contributed by atoms with E-state index in [2.05, 4.69) is 5.32 Å². The topological polar surface area (TPSA) is 38.0 Å².